The predicted molar refractivity (Wildman–Crippen MR) is 55.0 cm³/mol. The second-order valence-corrected chi connectivity index (χ2v) is 6.07. The van der Waals surface area contributed by atoms with E-state index < -0.39 is 5.97 Å². The molecule has 0 aromatic carbocycles. The monoisotopic (exact) mass is 196 g/mol. The Morgan fingerprint density at radius 3 is 2.50 bits per heavy atom. The van der Waals surface area contributed by atoms with Gasteiger partial charge < -0.3 is 5.11 Å². The van der Waals surface area contributed by atoms with Gasteiger partial charge in [0.2, 0.25) is 0 Å². The first-order valence-corrected chi connectivity index (χ1v) is 5.58. The van der Waals surface area contributed by atoms with Crippen LogP contribution in [0.25, 0.3) is 0 Å². The van der Waals surface area contributed by atoms with Gasteiger partial charge in [-0.1, -0.05) is 20.8 Å². The van der Waals surface area contributed by atoms with Gasteiger partial charge in [0.1, 0.15) is 0 Å². The van der Waals surface area contributed by atoms with Crippen LogP contribution in [0, 0.1) is 22.7 Å². The van der Waals surface area contributed by atoms with E-state index in [9.17, 15) is 4.79 Å². The fourth-order valence-electron chi connectivity index (χ4n) is 4.09. The molecular weight excluding hydrogens is 176 g/mol. The summed E-state index contributed by atoms with van der Waals surface area (Å²) in [5, 5.41) is 8.95. The average molecular weight is 196 g/mol. The van der Waals surface area contributed by atoms with Crippen molar-refractivity contribution >= 4 is 5.97 Å². The number of carboxylic acids is 1. The van der Waals surface area contributed by atoms with E-state index in [1.54, 1.807) is 0 Å². The van der Waals surface area contributed by atoms with Gasteiger partial charge in [-0.15, -0.1) is 0 Å². The Hall–Kier alpha value is -0.530. The molecule has 0 spiro atoms. The lowest BCUT2D eigenvalue weighted by molar-refractivity contribution is -0.140. The van der Waals surface area contributed by atoms with Gasteiger partial charge in [0.25, 0.3) is 0 Å². The van der Waals surface area contributed by atoms with E-state index in [1.807, 2.05) is 0 Å². The number of aliphatic carboxylic acids is 1. The molecular formula is C12H20O2. The summed E-state index contributed by atoms with van der Waals surface area (Å²) in [6, 6.07) is 0. The first kappa shape index (κ1) is 10.0. The Bertz CT molecular complexity index is 265. The Balaban J connectivity index is 2.25. The van der Waals surface area contributed by atoms with Crippen molar-refractivity contribution in [3.05, 3.63) is 0 Å². The van der Waals surface area contributed by atoms with Gasteiger partial charge in [-0.05, 0) is 41.9 Å². The third-order valence-corrected chi connectivity index (χ3v) is 4.95. The second kappa shape index (κ2) is 2.74. The molecule has 2 aliphatic carbocycles. The average Bonchev–Trinajstić information content (AvgIpc) is 2.49. The quantitative estimate of drug-likeness (QED) is 0.737. The maximum absolute atomic E-state index is 10.9. The standard InChI is InChI=1S/C12H20O2/c1-11(2)8-4-5-12(3,7-8)9(11)6-10(13)14/h8-9H,4-7H2,1-3H3,(H,13,14)/t8?,9-,12?/m1/s1. The molecule has 2 heteroatoms. The smallest absolute Gasteiger partial charge is 0.303 e. The summed E-state index contributed by atoms with van der Waals surface area (Å²) >= 11 is 0. The lowest BCUT2D eigenvalue weighted by atomic mass is 9.63. The molecule has 0 aliphatic heterocycles. The second-order valence-electron chi connectivity index (χ2n) is 6.07. The minimum Gasteiger partial charge on any atom is -0.481 e. The SMILES string of the molecule is CC12CCC(C1)C(C)(C)[C@H]2CC(=O)O. The summed E-state index contributed by atoms with van der Waals surface area (Å²) in [5.74, 6) is 0.514. The van der Waals surface area contributed by atoms with E-state index in [-0.39, 0.29) is 5.41 Å². The van der Waals surface area contributed by atoms with Gasteiger partial charge in [0, 0.05) is 6.42 Å². The largest absolute Gasteiger partial charge is 0.481 e. The first-order valence-electron chi connectivity index (χ1n) is 5.58. The molecule has 0 radical (unpaired) electrons. The van der Waals surface area contributed by atoms with Crippen LogP contribution in [0.4, 0.5) is 0 Å². The van der Waals surface area contributed by atoms with Crippen molar-refractivity contribution in [2.45, 2.75) is 46.5 Å². The first-order chi connectivity index (χ1) is 6.36. The molecule has 2 unspecified atom stereocenters. The summed E-state index contributed by atoms with van der Waals surface area (Å²) in [6.07, 6.45) is 4.15. The van der Waals surface area contributed by atoms with Gasteiger partial charge in [0.05, 0.1) is 0 Å². The molecule has 0 saturated heterocycles. The Labute approximate surface area is 85.7 Å². The summed E-state index contributed by atoms with van der Waals surface area (Å²) in [5.41, 5.74) is 0.554. The number of carbonyl (C=O) groups is 1. The Morgan fingerprint density at radius 1 is 1.43 bits per heavy atom. The third-order valence-electron chi connectivity index (χ3n) is 4.95. The highest BCUT2D eigenvalue weighted by atomic mass is 16.4. The fraction of sp³-hybridized carbons (Fsp3) is 0.917. The van der Waals surface area contributed by atoms with Crippen LogP contribution in [0.3, 0.4) is 0 Å². The number of hydrogen-bond donors (Lipinski definition) is 1. The maximum atomic E-state index is 10.9. The zero-order chi connectivity index (χ0) is 10.6. The fourth-order valence-corrected chi connectivity index (χ4v) is 4.09. The van der Waals surface area contributed by atoms with E-state index in [2.05, 4.69) is 20.8 Å². The van der Waals surface area contributed by atoms with E-state index in [1.165, 1.54) is 19.3 Å². The minimum absolute atomic E-state index is 0.241. The van der Waals surface area contributed by atoms with Gasteiger partial charge in [-0.2, -0.15) is 0 Å². The third kappa shape index (κ3) is 1.19. The summed E-state index contributed by atoms with van der Waals surface area (Å²) < 4.78 is 0. The molecule has 2 aliphatic rings. The molecule has 0 heterocycles. The van der Waals surface area contributed by atoms with Gasteiger partial charge >= 0.3 is 5.97 Å². The molecule has 2 fully saturated rings. The number of rotatable bonds is 2. The van der Waals surface area contributed by atoms with Crippen LogP contribution < -0.4 is 0 Å². The summed E-state index contributed by atoms with van der Waals surface area (Å²) in [7, 11) is 0. The van der Waals surface area contributed by atoms with Crippen LogP contribution >= 0.6 is 0 Å². The van der Waals surface area contributed by atoms with Crippen LogP contribution in [-0.4, -0.2) is 11.1 Å². The van der Waals surface area contributed by atoms with Crippen molar-refractivity contribution in [1.29, 1.82) is 0 Å². The van der Waals surface area contributed by atoms with Crippen molar-refractivity contribution in [2.24, 2.45) is 22.7 Å². The molecule has 0 aromatic rings. The van der Waals surface area contributed by atoms with Crippen molar-refractivity contribution in [3.63, 3.8) is 0 Å². The van der Waals surface area contributed by atoms with Crippen molar-refractivity contribution < 1.29 is 9.90 Å². The minimum atomic E-state index is -0.628. The van der Waals surface area contributed by atoms with Crippen molar-refractivity contribution in [2.75, 3.05) is 0 Å². The van der Waals surface area contributed by atoms with Crippen LogP contribution in [0.1, 0.15) is 46.5 Å². The molecule has 2 nitrogen and oxygen atoms in total. The Morgan fingerprint density at radius 2 is 2.07 bits per heavy atom. The highest BCUT2D eigenvalue weighted by Crippen LogP contribution is 2.66. The predicted octanol–water partition coefficient (Wildman–Crippen LogP) is 2.92. The van der Waals surface area contributed by atoms with Crippen LogP contribution in [0.5, 0.6) is 0 Å². The molecule has 2 saturated carbocycles. The molecule has 14 heavy (non-hydrogen) atoms. The molecule has 2 rings (SSSR count). The van der Waals surface area contributed by atoms with Crippen LogP contribution in [0.2, 0.25) is 0 Å². The molecule has 0 amide bonds. The number of fused-ring (bicyclic) bond motifs is 2. The topological polar surface area (TPSA) is 37.3 Å². The summed E-state index contributed by atoms with van der Waals surface area (Å²) in [6.45, 7) is 6.81. The van der Waals surface area contributed by atoms with Crippen LogP contribution in [-0.2, 0) is 4.79 Å². The molecule has 2 bridgehead atoms. The van der Waals surface area contributed by atoms with Gasteiger partial charge in [-0.3, -0.25) is 4.79 Å². The van der Waals surface area contributed by atoms with E-state index in [0.717, 1.165) is 5.92 Å². The van der Waals surface area contributed by atoms with E-state index in [4.69, 9.17) is 5.11 Å². The Kier molecular flexibility index (Phi) is 1.96. The number of carboxylic acid groups (broad SMARTS) is 1. The lowest BCUT2D eigenvalue weighted by Gasteiger charge is -2.42. The highest BCUT2D eigenvalue weighted by molar-refractivity contribution is 5.67. The van der Waals surface area contributed by atoms with Crippen molar-refractivity contribution in [1.82, 2.24) is 0 Å². The number of hydrogen-bond acceptors (Lipinski definition) is 1. The van der Waals surface area contributed by atoms with Gasteiger partial charge in [0.15, 0.2) is 0 Å². The zero-order valence-corrected chi connectivity index (χ0v) is 9.34. The summed E-state index contributed by atoms with van der Waals surface area (Å²) in [4.78, 5) is 10.9. The molecule has 3 atom stereocenters. The molecule has 0 aromatic heterocycles. The normalized spacial score (nSPS) is 44.2. The highest BCUT2D eigenvalue weighted by Gasteiger charge is 2.59. The van der Waals surface area contributed by atoms with Crippen LogP contribution in [0.15, 0.2) is 0 Å². The maximum Gasteiger partial charge on any atom is 0.303 e. The van der Waals surface area contributed by atoms with Gasteiger partial charge in [-0.25, -0.2) is 0 Å². The van der Waals surface area contributed by atoms with Crippen molar-refractivity contribution in [3.8, 4) is 0 Å². The molecule has 1 N–H and O–H groups in total. The molecule has 80 valence electrons. The van der Waals surface area contributed by atoms with E-state index in [0.29, 0.717) is 17.8 Å². The van der Waals surface area contributed by atoms with E-state index >= 15 is 0 Å². The lowest BCUT2D eigenvalue weighted by Crippen LogP contribution is -2.36. The zero-order valence-electron chi connectivity index (χ0n) is 9.34.